The highest BCUT2D eigenvalue weighted by molar-refractivity contribution is 5.61. The van der Waals surface area contributed by atoms with Gasteiger partial charge in [0.25, 0.3) is 5.56 Å². The number of hydrogen-bond donors (Lipinski definition) is 0. The van der Waals surface area contributed by atoms with Crippen LogP contribution in [-0.2, 0) is 0 Å². The monoisotopic (exact) mass is 375 g/mol. The maximum atomic E-state index is 13.4. The fraction of sp³-hybridized carbons (Fsp3) is 0.364. The van der Waals surface area contributed by atoms with Crippen LogP contribution >= 0.6 is 0 Å². The van der Waals surface area contributed by atoms with Gasteiger partial charge in [0.05, 0.1) is 0 Å². The molecule has 1 aromatic rings. The maximum absolute atomic E-state index is 13.4. The summed E-state index contributed by atoms with van der Waals surface area (Å²) in [5.74, 6) is -6.61. The Morgan fingerprint density at radius 1 is 0.792 bits per heavy atom. The van der Waals surface area contributed by atoms with Gasteiger partial charge in [0.15, 0.2) is 5.57 Å². The average Bonchev–Trinajstić information content (AvgIpc) is 2.32. The number of rotatable bonds is 2. The van der Waals surface area contributed by atoms with Gasteiger partial charge >= 0.3 is 24.5 Å². The first-order chi connectivity index (χ1) is 10.5. The molecule has 0 fully saturated rings. The summed E-state index contributed by atoms with van der Waals surface area (Å²) < 4.78 is 139. The van der Waals surface area contributed by atoms with Gasteiger partial charge in [-0.15, -0.1) is 0 Å². The van der Waals surface area contributed by atoms with Crippen molar-refractivity contribution >= 4 is 5.70 Å². The molecule has 0 aliphatic rings. The van der Waals surface area contributed by atoms with Gasteiger partial charge in [-0.1, -0.05) is 6.07 Å². The quantitative estimate of drug-likeness (QED) is 0.704. The Kier molecular flexibility index (Phi) is 4.80. The highest BCUT2D eigenvalue weighted by atomic mass is 19.4. The van der Waals surface area contributed by atoms with Crippen LogP contribution in [0.5, 0.6) is 0 Å². The van der Waals surface area contributed by atoms with Gasteiger partial charge in [0.1, 0.15) is 5.70 Å². The lowest BCUT2D eigenvalue weighted by Gasteiger charge is -2.28. The van der Waals surface area contributed by atoms with Crippen LogP contribution in [0, 0.1) is 0 Å². The molecule has 0 saturated heterocycles. The van der Waals surface area contributed by atoms with Gasteiger partial charge in [-0.2, -0.15) is 48.3 Å². The molecule has 2 nitrogen and oxygen atoms in total. The summed E-state index contributed by atoms with van der Waals surface area (Å²) in [5, 5.41) is 0. The highest BCUT2D eigenvalue weighted by Gasteiger charge is 2.67. The molecule has 0 N–H and O–H groups in total. The van der Waals surface area contributed by atoms with Crippen LogP contribution in [0.2, 0.25) is 0 Å². The van der Waals surface area contributed by atoms with Gasteiger partial charge in [0.2, 0.25) is 0 Å². The molecule has 0 unspecified atom stereocenters. The average molecular weight is 375 g/mol. The third kappa shape index (κ3) is 3.70. The Labute approximate surface area is 124 Å². The second kappa shape index (κ2) is 5.77. The molecule has 136 valence electrons. The third-order valence-corrected chi connectivity index (χ3v) is 2.52. The number of pyridine rings is 1. The molecule has 0 spiro atoms. The molecule has 0 amide bonds. The second-order valence-electron chi connectivity index (χ2n) is 4.20. The maximum Gasteiger partial charge on any atom is 0.459 e. The lowest BCUT2D eigenvalue weighted by Crippen LogP contribution is -2.45. The van der Waals surface area contributed by atoms with E-state index in [-0.39, 0.29) is 12.3 Å². The van der Waals surface area contributed by atoms with Crippen molar-refractivity contribution in [2.75, 3.05) is 0 Å². The smallest absolute Gasteiger partial charge is 0.281 e. The Balaban J connectivity index is 4.10. The Hall–Kier alpha value is -2.08. The SMILES string of the molecule is O=c1ccccn1C(=C(C(F)(F)F)C(F)(F)F)C(F)(F)C(F)(F)F. The molecule has 0 aromatic carbocycles. The number of allylic oxidation sites excluding steroid dienone is 2. The van der Waals surface area contributed by atoms with E-state index in [0.29, 0.717) is 6.07 Å². The minimum Gasteiger partial charge on any atom is -0.281 e. The molecular weight excluding hydrogens is 371 g/mol. The number of alkyl halides is 11. The molecule has 0 radical (unpaired) electrons. The fourth-order valence-electron chi connectivity index (χ4n) is 1.60. The lowest BCUT2D eigenvalue weighted by atomic mass is 10.1. The molecule has 0 aliphatic carbocycles. The van der Waals surface area contributed by atoms with E-state index in [4.69, 9.17) is 0 Å². The van der Waals surface area contributed by atoms with Crippen LogP contribution in [0.3, 0.4) is 0 Å². The van der Waals surface area contributed by atoms with Gasteiger partial charge in [-0.3, -0.25) is 9.36 Å². The van der Waals surface area contributed by atoms with Gasteiger partial charge in [-0.25, -0.2) is 0 Å². The van der Waals surface area contributed by atoms with Crippen molar-refractivity contribution in [3.8, 4) is 0 Å². The molecule has 13 heteroatoms. The predicted molar refractivity (Wildman–Crippen MR) is 57.0 cm³/mol. The topological polar surface area (TPSA) is 22.0 Å². The molecule has 1 aromatic heterocycles. The van der Waals surface area contributed by atoms with E-state index in [1.807, 2.05) is 0 Å². The summed E-state index contributed by atoms with van der Waals surface area (Å²) in [5.41, 5.74) is -9.64. The first kappa shape index (κ1) is 20.0. The second-order valence-corrected chi connectivity index (χ2v) is 4.20. The summed E-state index contributed by atoms with van der Waals surface area (Å²) in [4.78, 5) is 11.3. The van der Waals surface area contributed by atoms with Crippen molar-refractivity contribution in [2.45, 2.75) is 24.5 Å². The van der Waals surface area contributed by atoms with Crippen molar-refractivity contribution in [1.82, 2.24) is 4.57 Å². The van der Waals surface area contributed by atoms with Crippen LogP contribution in [0.25, 0.3) is 5.70 Å². The van der Waals surface area contributed by atoms with E-state index in [1.165, 1.54) is 0 Å². The minimum absolute atomic E-state index is 0.0607. The van der Waals surface area contributed by atoms with E-state index < -0.39 is 45.8 Å². The van der Waals surface area contributed by atoms with Crippen LogP contribution in [-0.4, -0.2) is 29.0 Å². The molecule has 0 bridgehead atoms. The number of hydrogen-bond acceptors (Lipinski definition) is 1. The number of halogens is 11. The predicted octanol–water partition coefficient (Wildman–Crippen LogP) is 4.38. The molecule has 1 heterocycles. The molecule has 0 saturated carbocycles. The van der Waals surface area contributed by atoms with Crippen molar-refractivity contribution in [3.05, 3.63) is 40.3 Å². The van der Waals surface area contributed by atoms with Crippen molar-refractivity contribution < 1.29 is 48.3 Å². The van der Waals surface area contributed by atoms with Crippen molar-refractivity contribution in [1.29, 1.82) is 0 Å². The van der Waals surface area contributed by atoms with Gasteiger partial charge in [0, 0.05) is 12.3 Å². The number of nitrogens with zero attached hydrogens (tertiary/aromatic N) is 1. The van der Waals surface area contributed by atoms with E-state index in [2.05, 4.69) is 0 Å². The van der Waals surface area contributed by atoms with Crippen LogP contribution < -0.4 is 5.56 Å². The van der Waals surface area contributed by atoms with Crippen LogP contribution in [0.15, 0.2) is 34.8 Å². The number of aromatic nitrogens is 1. The minimum atomic E-state index is -6.82. The molecule has 1 rings (SSSR count). The Morgan fingerprint density at radius 3 is 1.58 bits per heavy atom. The van der Waals surface area contributed by atoms with E-state index in [0.717, 1.165) is 6.07 Å². The molecular formula is C11H4F11NO. The van der Waals surface area contributed by atoms with Gasteiger partial charge in [-0.05, 0) is 6.07 Å². The zero-order chi connectivity index (χ0) is 19.1. The van der Waals surface area contributed by atoms with Gasteiger partial charge < -0.3 is 0 Å². The van der Waals surface area contributed by atoms with Crippen molar-refractivity contribution in [3.63, 3.8) is 0 Å². The molecule has 24 heavy (non-hydrogen) atoms. The summed E-state index contributed by atoms with van der Waals surface area (Å²) >= 11 is 0. The zero-order valence-electron chi connectivity index (χ0n) is 10.8. The standard InChI is InChI=1S/C11H4F11NO/c12-8(13,11(20,21)22)7(23-4-2-1-3-5(23)24)6(9(14,15)16)10(17,18)19/h1-4H. The van der Waals surface area contributed by atoms with E-state index in [1.54, 1.807) is 0 Å². The van der Waals surface area contributed by atoms with Crippen LogP contribution in [0.4, 0.5) is 48.3 Å². The summed E-state index contributed by atoms with van der Waals surface area (Å²) in [6, 6.07) is 1.46. The fourth-order valence-corrected chi connectivity index (χ4v) is 1.60. The first-order valence-corrected chi connectivity index (χ1v) is 5.53. The lowest BCUT2D eigenvalue weighted by molar-refractivity contribution is -0.258. The van der Waals surface area contributed by atoms with E-state index in [9.17, 15) is 53.1 Å². The summed E-state index contributed by atoms with van der Waals surface area (Å²) in [7, 11) is 0. The molecule has 0 atom stereocenters. The Bertz CT molecular complexity index is 673. The largest absolute Gasteiger partial charge is 0.459 e. The summed E-state index contributed by atoms with van der Waals surface area (Å²) in [6.07, 6.45) is -20.2. The third-order valence-electron chi connectivity index (χ3n) is 2.52. The van der Waals surface area contributed by atoms with Crippen molar-refractivity contribution in [2.24, 2.45) is 0 Å². The first-order valence-electron chi connectivity index (χ1n) is 5.53. The summed E-state index contributed by atoms with van der Waals surface area (Å²) in [6.45, 7) is 0. The Morgan fingerprint density at radius 2 is 1.25 bits per heavy atom. The zero-order valence-corrected chi connectivity index (χ0v) is 10.8. The highest BCUT2D eigenvalue weighted by Crippen LogP contribution is 2.50. The molecule has 0 aliphatic heterocycles. The van der Waals surface area contributed by atoms with Crippen LogP contribution in [0.1, 0.15) is 0 Å². The normalized spacial score (nSPS) is 13.8. The van der Waals surface area contributed by atoms with E-state index >= 15 is 0 Å².